The van der Waals surface area contributed by atoms with Gasteiger partial charge in [-0.05, 0) is 24.9 Å². The van der Waals surface area contributed by atoms with Crippen LogP contribution >= 0.6 is 11.6 Å². The molecule has 0 aliphatic rings. The van der Waals surface area contributed by atoms with Crippen molar-refractivity contribution in [3.05, 3.63) is 11.5 Å². The van der Waals surface area contributed by atoms with Crippen molar-refractivity contribution in [1.82, 2.24) is 15.2 Å². The van der Waals surface area contributed by atoms with Gasteiger partial charge < -0.3 is 5.32 Å². The molecule has 0 bridgehead atoms. The molecule has 0 aliphatic heterocycles. The number of rotatable bonds is 6. The van der Waals surface area contributed by atoms with Gasteiger partial charge in [-0.25, -0.2) is 0 Å². The molecule has 0 aliphatic carbocycles. The zero-order valence-electron chi connectivity index (χ0n) is 9.20. The van der Waals surface area contributed by atoms with Gasteiger partial charge in [0, 0.05) is 6.04 Å². The van der Waals surface area contributed by atoms with E-state index in [9.17, 15) is 0 Å². The lowest BCUT2D eigenvalue weighted by Crippen LogP contribution is -2.16. The summed E-state index contributed by atoms with van der Waals surface area (Å²) in [6.07, 6.45) is 6.47. The summed E-state index contributed by atoms with van der Waals surface area (Å²) in [5, 5.41) is 10.7. The smallest absolute Gasteiger partial charge is 0.244 e. The summed E-state index contributed by atoms with van der Waals surface area (Å²) < 4.78 is 0. The summed E-state index contributed by atoms with van der Waals surface area (Å²) >= 11 is 5.63. The predicted octanol–water partition coefficient (Wildman–Crippen LogP) is 2.91. The molecule has 1 heterocycles. The second kappa shape index (κ2) is 6.56. The van der Waals surface area contributed by atoms with Crippen molar-refractivity contribution in [2.24, 2.45) is 0 Å². The molecule has 1 atom stereocenters. The molecule has 1 rings (SSSR count). The van der Waals surface area contributed by atoms with E-state index in [1.165, 1.54) is 19.3 Å². The molecule has 84 valence electrons. The molecular weight excluding hydrogens is 212 g/mol. The monoisotopic (exact) mass is 228 g/mol. The Hall–Kier alpha value is -0.900. The van der Waals surface area contributed by atoms with Crippen molar-refractivity contribution >= 4 is 17.4 Å². The highest BCUT2D eigenvalue weighted by atomic mass is 35.5. The van der Waals surface area contributed by atoms with Gasteiger partial charge in [-0.1, -0.05) is 26.2 Å². The van der Waals surface area contributed by atoms with Crippen molar-refractivity contribution < 1.29 is 0 Å². The number of aromatic nitrogens is 3. The predicted molar refractivity (Wildman–Crippen MR) is 62.1 cm³/mol. The van der Waals surface area contributed by atoms with Crippen LogP contribution in [0.2, 0.25) is 5.28 Å². The van der Waals surface area contributed by atoms with Crippen molar-refractivity contribution in [2.75, 3.05) is 5.32 Å². The maximum atomic E-state index is 5.63. The van der Waals surface area contributed by atoms with Gasteiger partial charge in [-0.2, -0.15) is 10.1 Å². The molecule has 0 radical (unpaired) electrons. The van der Waals surface area contributed by atoms with Crippen molar-refractivity contribution in [3.63, 3.8) is 0 Å². The SMILES string of the molecule is CCCCCC(C)Nc1cnnc(Cl)n1. The van der Waals surface area contributed by atoms with E-state index in [-0.39, 0.29) is 5.28 Å². The second-order valence-electron chi connectivity index (χ2n) is 3.65. The molecule has 0 amide bonds. The summed E-state index contributed by atoms with van der Waals surface area (Å²) in [7, 11) is 0. The third kappa shape index (κ3) is 4.93. The molecule has 1 aromatic rings. The van der Waals surface area contributed by atoms with Gasteiger partial charge in [-0.3, -0.25) is 0 Å². The fourth-order valence-corrected chi connectivity index (χ4v) is 1.51. The van der Waals surface area contributed by atoms with Crippen LogP contribution in [0.1, 0.15) is 39.5 Å². The summed E-state index contributed by atoms with van der Waals surface area (Å²) in [5.41, 5.74) is 0. The van der Waals surface area contributed by atoms with E-state index in [2.05, 4.69) is 34.3 Å². The highest BCUT2D eigenvalue weighted by Gasteiger charge is 2.03. The van der Waals surface area contributed by atoms with Crippen LogP contribution in [0.5, 0.6) is 0 Å². The van der Waals surface area contributed by atoms with Crippen LogP contribution in [-0.4, -0.2) is 21.2 Å². The van der Waals surface area contributed by atoms with Gasteiger partial charge in [0.05, 0.1) is 6.20 Å². The van der Waals surface area contributed by atoms with E-state index >= 15 is 0 Å². The Morgan fingerprint density at radius 1 is 1.47 bits per heavy atom. The van der Waals surface area contributed by atoms with Gasteiger partial charge in [0.25, 0.3) is 0 Å². The fraction of sp³-hybridized carbons (Fsp3) is 0.700. The van der Waals surface area contributed by atoms with Crippen LogP contribution < -0.4 is 5.32 Å². The number of hydrogen-bond donors (Lipinski definition) is 1. The van der Waals surface area contributed by atoms with E-state index in [1.807, 2.05) is 0 Å². The third-order valence-electron chi connectivity index (χ3n) is 2.17. The molecule has 0 aromatic carbocycles. The lowest BCUT2D eigenvalue weighted by molar-refractivity contribution is 0.613. The lowest BCUT2D eigenvalue weighted by atomic mass is 10.1. The molecule has 1 unspecified atom stereocenters. The average molecular weight is 229 g/mol. The van der Waals surface area contributed by atoms with Crippen LogP contribution in [0.15, 0.2) is 6.20 Å². The highest BCUT2D eigenvalue weighted by Crippen LogP contribution is 2.09. The van der Waals surface area contributed by atoms with Gasteiger partial charge >= 0.3 is 0 Å². The van der Waals surface area contributed by atoms with Crippen LogP contribution in [0.4, 0.5) is 5.82 Å². The normalized spacial score (nSPS) is 12.5. The molecule has 15 heavy (non-hydrogen) atoms. The Bertz CT molecular complexity index is 293. The molecule has 0 spiro atoms. The molecule has 0 saturated carbocycles. The average Bonchev–Trinajstić information content (AvgIpc) is 2.18. The van der Waals surface area contributed by atoms with Gasteiger partial charge in [-0.15, -0.1) is 5.10 Å². The fourth-order valence-electron chi connectivity index (χ4n) is 1.38. The number of unbranched alkanes of at least 4 members (excludes halogenated alkanes) is 2. The largest absolute Gasteiger partial charge is 0.366 e. The minimum Gasteiger partial charge on any atom is -0.366 e. The first kappa shape index (κ1) is 12.2. The molecule has 0 fully saturated rings. The summed E-state index contributed by atoms with van der Waals surface area (Å²) in [6.45, 7) is 4.33. The number of nitrogens with zero attached hydrogens (tertiary/aromatic N) is 3. The summed E-state index contributed by atoms with van der Waals surface area (Å²) in [5.74, 6) is 0.694. The summed E-state index contributed by atoms with van der Waals surface area (Å²) in [6, 6.07) is 0.393. The van der Waals surface area contributed by atoms with E-state index in [1.54, 1.807) is 6.20 Å². The first-order valence-electron chi connectivity index (χ1n) is 5.34. The molecule has 1 aromatic heterocycles. The number of anilines is 1. The van der Waals surface area contributed by atoms with E-state index < -0.39 is 0 Å². The zero-order chi connectivity index (χ0) is 11.1. The Morgan fingerprint density at radius 3 is 2.93 bits per heavy atom. The molecule has 1 N–H and O–H groups in total. The quantitative estimate of drug-likeness (QED) is 0.761. The maximum Gasteiger partial charge on any atom is 0.244 e. The van der Waals surface area contributed by atoms with Gasteiger partial charge in [0.1, 0.15) is 5.82 Å². The topological polar surface area (TPSA) is 50.7 Å². The van der Waals surface area contributed by atoms with Crippen LogP contribution in [0, 0.1) is 0 Å². The molecule has 5 heteroatoms. The molecule has 4 nitrogen and oxygen atoms in total. The Balaban J connectivity index is 2.34. The van der Waals surface area contributed by atoms with Crippen molar-refractivity contribution in [2.45, 2.75) is 45.6 Å². The number of halogens is 1. The minimum absolute atomic E-state index is 0.181. The number of hydrogen-bond acceptors (Lipinski definition) is 4. The van der Waals surface area contributed by atoms with Crippen LogP contribution in [-0.2, 0) is 0 Å². The first-order valence-corrected chi connectivity index (χ1v) is 5.72. The highest BCUT2D eigenvalue weighted by molar-refractivity contribution is 6.28. The van der Waals surface area contributed by atoms with Gasteiger partial charge in [0.15, 0.2) is 0 Å². The Morgan fingerprint density at radius 2 is 2.27 bits per heavy atom. The van der Waals surface area contributed by atoms with Crippen molar-refractivity contribution in [3.8, 4) is 0 Å². The molecular formula is C10H17ClN4. The summed E-state index contributed by atoms with van der Waals surface area (Å²) in [4.78, 5) is 4.02. The minimum atomic E-state index is 0.181. The molecule has 0 saturated heterocycles. The number of nitrogens with one attached hydrogen (secondary N) is 1. The van der Waals surface area contributed by atoms with Crippen LogP contribution in [0.3, 0.4) is 0 Å². The van der Waals surface area contributed by atoms with E-state index in [0.717, 1.165) is 6.42 Å². The Kier molecular flexibility index (Phi) is 5.32. The van der Waals surface area contributed by atoms with Crippen LogP contribution in [0.25, 0.3) is 0 Å². The second-order valence-corrected chi connectivity index (χ2v) is 3.99. The lowest BCUT2D eigenvalue weighted by Gasteiger charge is -2.13. The Labute approximate surface area is 95.5 Å². The zero-order valence-corrected chi connectivity index (χ0v) is 9.96. The standard InChI is InChI=1S/C10H17ClN4/c1-3-4-5-6-8(2)13-9-7-12-15-10(11)14-9/h7-8H,3-6H2,1-2H3,(H,13,14,15). The van der Waals surface area contributed by atoms with E-state index in [4.69, 9.17) is 11.6 Å². The first-order chi connectivity index (χ1) is 7.22. The maximum absolute atomic E-state index is 5.63. The van der Waals surface area contributed by atoms with Crippen molar-refractivity contribution in [1.29, 1.82) is 0 Å². The van der Waals surface area contributed by atoms with Gasteiger partial charge in [0.2, 0.25) is 5.28 Å². The third-order valence-corrected chi connectivity index (χ3v) is 2.33. The van der Waals surface area contributed by atoms with E-state index in [0.29, 0.717) is 11.9 Å².